The number of carbonyl (C=O) groups is 1. The first-order valence-corrected chi connectivity index (χ1v) is 6.86. The monoisotopic (exact) mass is 271 g/mol. The van der Waals surface area contributed by atoms with Gasteiger partial charge in [0.2, 0.25) is 5.82 Å². The number of carbonyl (C=O) groups excluding carboxylic acids is 1. The Morgan fingerprint density at radius 2 is 2.00 bits per heavy atom. The van der Waals surface area contributed by atoms with E-state index in [1.54, 1.807) is 0 Å². The van der Waals surface area contributed by atoms with Gasteiger partial charge in [0.25, 0.3) is 5.91 Å². The van der Waals surface area contributed by atoms with Gasteiger partial charge in [-0.2, -0.15) is 0 Å². The number of hydrogen-bond donors (Lipinski definition) is 1. The van der Waals surface area contributed by atoms with Gasteiger partial charge in [0.15, 0.2) is 0 Å². The second kappa shape index (κ2) is 5.54. The zero-order chi connectivity index (χ0) is 13.9. The minimum Gasteiger partial charge on any atom is -0.381 e. The lowest BCUT2D eigenvalue weighted by Crippen LogP contribution is -2.39. The number of nitrogens with one attached hydrogen (secondary N) is 1. The van der Waals surface area contributed by atoms with Crippen LogP contribution < -0.4 is 5.32 Å². The van der Waals surface area contributed by atoms with E-state index in [0.29, 0.717) is 13.2 Å². The maximum atomic E-state index is 12.2. The van der Waals surface area contributed by atoms with Crippen molar-refractivity contribution < 1.29 is 9.53 Å². The lowest BCUT2D eigenvalue weighted by molar-refractivity contribution is 0.0691. The highest BCUT2D eigenvalue weighted by Crippen LogP contribution is 2.15. The molecule has 20 heavy (non-hydrogen) atoms. The third kappa shape index (κ3) is 2.63. The van der Waals surface area contributed by atoms with Crippen molar-refractivity contribution in [3.8, 4) is 0 Å². The number of amides is 1. The molecule has 5 heteroatoms. The quantitative estimate of drug-likeness (QED) is 0.905. The van der Waals surface area contributed by atoms with Crippen LogP contribution in [0.1, 0.15) is 29.2 Å². The van der Waals surface area contributed by atoms with Gasteiger partial charge in [-0.1, -0.05) is 18.2 Å². The minimum absolute atomic E-state index is 0.159. The molecule has 0 bridgehead atoms. The van der Waals surface area contributed by atoms with Gasteiger partial charge in [-0.3, -0.25) is 4.79 Å². The number of rotatable bonds is 2. The third-order valence-corrected chi connectivity index (χ3v) is 3.55. The molecule has 0 aliphatic carbocycles. The Hall–Kier alpha value is -2.01. The molecule has 1 amide bonds. The van der Waals surface area contributed by atoms with E-state index < -0.39 is 0 Å². The summed E-state index contributed by atoms with van der Waals surface area (Å²) in [7, 11) is 0. The van der Waals surface area contributed by atoms with E-state index in [2.05, 4.69) is 15.3 Å². The summed E-state index contributed by atoms with van der Waals surface area (Å²) in [5.41, 5.74) is 1.63. The van der Waals surface area contributed by atoms with Crippen LogP contribution in [0.2, 0.25) is 0 Å². The lowest BCUT2D eigenvalue weighted by Gasteiger charge is -2.22. The number of aryl methyl sites for hydroxylation is 1. The number of nitrogens with zero attached hydrogens (tertiary/aromatic N) is 2. The molecule has 1 aliphatic rings. The van der Waals surface area contributed by atoms with E-state index >= 15 is 0 Å². The van der Waals surface area contributed by atoms with E-state index in [0.717, 1.165) is 29.4 Å². The maximum absolute atomic E-state index is 12.2. The predicted molar refractivity (Wildman–Crippen MR) is 75.6 cm³/mol. The van der Waals surface area contributed by atoms with Gasteiger partial charge in [0.1, 0.15) is 0 Å². The molecule has 1 aromatic heterocycles. The molecular weight excluding hydrogens is 254 g/mol. The molecule has 1 fully saturated rings. The summed E-state index contributed by atoms with van der Waals surface area (Å²) in [5, 5.41) is 3.96. The molecule has 0 radical (unpaired) electrons. The largest absolute Gasteiger partial charge is 0.381 e. The molecule has 0 spiro atoms. The summed E-state index contributed by atoms with van der Waals surface area (Å²) in [6, 6.07) is 7.88. The number of hydrogen-bond acceptors (Lipinski definition) is 4. The van der Waals surface area contributed by atoms with E-state index in [9.17, 15) is 4.79 Å². The van der Waals surface area contributed by atoms with Gasteiger partial charge in [0, 0.05) is 30.3 Å². The zero-order valence-electron chi connectivity index (χ0n) is 11.4. The fourth-order valence-corrected chi connectivity index (χ4v) is 2.43. The highest BCUT2D eigenvalue weighted by atomic mass is 16.5. The first-order valence-electron chi connectivity index (χ1n) is 6.86. The molecule has 5 nitrogen and oxygen atoms in total. The average molecular weight is 271 g/mol. The third-order valence-electron chi connectivity index (χ3n) is 3.55. The normalized spacial score (nSPS) is 16.2. The summed E-state index contributed by atoms with van der Waals surface area (Å²) < 4.78 is 5.28. The number of aromatic nitrogens is 2. The fraction of sp³-hybridized carbons (Fsp3) is 0.400. The smallest absolute Gasteiger partial charge is 0.289 e. The highest BCUT2D eigenvalue weighted by Gasteiger charge is 2.19. The van der Waals surface area contributed by atoms with Crippen LogP contribution in [0.4, 0.5) is 0 Å². The van der Waals surface area contributed by atoms with Gasteiger partial charge in [0.05, 0.1) is 5.52 Å². The van der Waals surface area contributed by atoms with Crippen molar-refractivity contribution >= 4 is 16.8 Å². The van der Waals surface area contributed by atoms with Gasteiger partial charge < -0.3 is 10.1 Å². The van der Waals surface area contributed by atoms with E-state index in [4.69, 9.17) is 4.74 Å². The van der Waals surface area contributed by atoms with Crippen molar-refractivity contribution in [2.45, 2.75) is 25.8 Å². The summed E-state index contributed by atoms with van der Waals surface area (Å²) in [6.07, 6.45) is 1.69. The van der Waals surface area contributed by atoms with Gasteiger partial charge in [-0.05, 0) is 25.8 Å². The zero-order valence-corrected chi connectivity index (χ0v) is 11.4. The van der Waals surface area contributed by atoms with Crippen LogP contribution in [-0.4, -0.2) is 35.1 Å². The molecule has 2 aromatic rings. The van der Waals surface area contributed by atoms with E-state index in [1.165, 1.54) is 0 Å². The lowest BCUT2D eigenvalue weighted by atomic mass is 10.1. The Labute approximate surface area is 117 Å². The van der Waals surface area contributed by atoms with Crippen LogP contribution in [-0.2, 0) is 4.74 Å². The number of fused-ring (bicyclic) bond motifs is 1. The molecule has 0 saturated carbocycles. The SMILES string of the molecule is Cc1nc(C(=O)NC2CCOCC2)nc2ccccc12. The maximum Gasteiger partial charge on any atom is 0.289 e. The molecular formula is C15H17N3O2. The standard InChI is InChI=1S/C15H17N3O2/c1-10-12-4-2-3-5-13(12)18-14(16-10)15(19)17-11-6-8-20-9-7-11/h2-5,11H,6-9H2,1H3,(H,17,19). The average Bonchev–Trinajstić information content (AvgIpc) is 2.48. The Morgan fingerprint density at radius 1 is 1.25 bits per heavy atom. The van der Waals surface area contributed by atoms with Gasteiger partial charge >= 0.3 is 0 Å². The Balaban J connectivity index is 1.84. The molecule has 104 valence electrons. The van der Waals surface area contributed by atoms with Crippen molar-refractivity contribution in [3.05, 3.63) is 35.8 Å². The second-order valence-electron chi connectivity index (χ2n) is 5.01. The Morgan fingerprint density at radius 3 is 2.80 bits per heavy atom. The van der Waals surface area contributed by atoms with Crippen molar-refractivity contribution in [1.29, 1.82) is 0 Å². The number of ether oxygens (including phenoxy) is 1. The molecule has 3 rings (SSSR count). The van der Waals surface area contributed by atoms with E-state index in [1.807, 2.05) is 31.2 Å². The van der Waals surface area contributed by atoms with Crippen LogP contribution in [0.3, 0.4) is 0 Å². The van der Waals surface area contributed by atoms with Crippen LogP contribution in [0, 0.1) is 6.92 Å². The molecule has 1 N–H and O–H groups in total. The number of para-hydroxylation sites is 1. The van der Waals surface area contributed by atoms with Crippen LogP contribution >= 0.6 is 0 Å². The molecule has 2 heterocycles. The summed E-state index contributed by atoms with van der Waals surface area (Å²) in [4.78, 5) is 20.9. The first kappa shape index (κ1) is 13.0. The Kier molecular flexibility index (Phi) is 3.60. The van der Waals surface area contributed by atoms with Gasteiger partial charge in [-0.15, -0.1) is 0 Å². The minimum atomic E-state index is -0.203. The highest BCUT2D eigenvalue weighted by molar-refractivity contribution is 5.93. The number of benzene rings is 1. The molecule has 1 aromatic carbocycles. The van der Waals surface area contributed by atoms with Crippen molar-refractivity contribution in [2.75, 3.05) is 13.2 Å². The molecule has 0 unspecified atom stereocenters. The second-order valence-corrected chi connectivity index (χ2v) is 5.01. The van der Waals surface area contributed by atoms with Crippen LogP contribution in [0.5, 0.6) is 0 Å². The van der Waals surface area contributed by atoms with Crippen molar-refractivity contribution in [3.63, 3.8) is 0 Å². The molecule has 1 aliphatic heterocycles. The topological polar surface area (TPSA) is 64.1 Å². The van der Waals surface area contributed by atoms with Crippen LogP contribution in [0.15, 0.2) is 24.3 Å². The fourth-order valence-electron chi connectivity index (χ4n) is 2.43. The van der Waals surface area contributed by atoms with Crippen LogP contribution in [0.25, 0.3) is 10.9 Å². The van der Waals surface area contributed by atoms with Gasteiger partial charge in [-0.25, -0.2) is 9.97 Å². The summed E-state index contributed by atoms with van der Waals surface area (Å²) in [6.45, 7) is 3.29. The molecule has 0 atom stereocenters. The molecule has 1 saturated heterocycles. The summed E-state index contributed by atoms with van der Waals surface area (Å²) in [5.74, 6) is 0.0402. The first-order chi connectivity index (χ1) is 9.74. The predicted octanol–water partition coefficient (Wildman–Crippen LogP) is 1.85. The Bertz CT molecular complexity index is 636. The summed E-state index contributed by atoms with van der Waals surface area (Å²) >= 11 is 0. The van der Waals surface area contributed by atoms with Crippen molar-refractivity contribution in [1.82, 2.24) is 15.3 Å². The van der Waals surface area contributed by atoms with Crippen molar-refractivity contribution in [2.24, 2.45) is 0 Å². The van der Waals surface area contributed by atoms with E-state index in [-0.39, 0.29) is 17.8 Å².